The van der Waals surface area contributed by atoms with Gasteiger partial charge in [-0.25, -0.2) is 4.39 Å². The van der Waals surface area contributed by atoms with Gasteiger partial charge in [-0.1, -0.05) is 6.07 Å². The number of rotatable bonds is 6. The summed E-state index contributed by atoms with van der Waals surface area (Å²) in [7, 11) is 0. The maximum Gasteiger partial charge on any atom is 0.123 e. The quantitative estimate of drug-likeness (QED) is 0.820. The van der Waals surface area contributed by atoms with Crippen molar-refractivity contribution < 1.29 is 4.39 Å². The van der Waals surface area contributed by atoms with Crippen molar-refractivity contribution in [1.82, 2.24) is 15.1 Å². The Bertz CT molecular complexity index is 561. The van der Waals surface area contributed by atoms with Gasteiger partial charge in [0.25, 0.3) is 0 Å². The molecule has 0 spiro atoms. The number of benzene rings is 1. The second kappa shape index (κ2) is 6.66. The first-order valence-corrected chi connectivity index (χ1v) is 7.05. The van der Waals surface area contributed by atoms with Crippen molar-refractivity contribution in [3.05, 3.63) is 53.1 Å². The minimum atomic E-state index is -0.166. The van der Waals surface area contributed by atoms with Crippen molar-refractivity contribution in [2.24, 2.45) is 0 Å². The summed E-state index contributed by atoms with van der Waals surface area (Å²) in [5.41, 5.74) is 3.39. The molecule has 0 radical (unpaired) electrons. The molecule has 2 aromatic rings. The normalized spacial score (nSPS) is 11.2. The van der Waals surface area contributed by atoms with Gasteiger partial charge in [-0.15, -0.1) is 0 Å². The van der Waals surface area contributed by atoms with Gasteiger partial charge in [-0.3, -0.25) is 4.68 Å². The highest BCUT2D eigenvalue weighted by atomic mass is 19.1. The minimum Gasteiger partial charge on any atom is -0.312 e. The Morgan fingerprint density at radius 3 is 2.80 bits per heavy atom. The second-order valence-electron chi connectivity index (χ2n) is 5.42. The first-order chi connectivity index (χ1) is 9.56. The van der Waals surface area contributed by atoms with E-state index in [2.05, 4.69) is 30.5 Å². The fraction of sp³-hybridized carbons (Fsp3) is 0.438. The largest absolute Gasteiger partial charge is 0.312 e. The van der Waals surface area contributed by atoms with Gasteiger partial charge < -0.3 is 5.32 Å². The average molecular weight is 275 g/mol. The van der Waals surface area contributed by atoms with Crippen molar-refractivity contribution in [3.63, 3.8) is 0 Å². The van der Waals surface area contributed by atoms with Crippen LogP contribution < -0.4 is 5.32 Å². The zero-order valence-corrected chi connectivity index (χ0v) is 12.4. The van der Waals surface area contributed by atoms with Gasteiger partial charge in [0.15, 0.2) is 0 Å². The standard InChI is InChI=1S/C16H22FN3/c1-12(2)20-11-14(10-19-20)9-18-7-6-15-4-5-16(17)8-13(15)3/h4-5,8,10-12,18H,6-7,9H2,1-3H3. The maximum atomic E-state index is 13.0. The van der Waals surface area contributed by atoms with Gasteiger partial charge in [-0.05, 0) is 57.0 Å². The van der Waals surface area contributed by atoms with Crippen LogP contribution in [0, 0.1) is 12.7 Å². The lowest BCUT2D eigenvalue weighted by molar-refractivity contribution is 0.531. The molecule has 1 aromatic heterocycles. The summed E-state index contributed by atoms with van der Waals surface area (Å²) in [6.45, 7) is 7.86. The van der Waals surface area contributed by atoms with E-state index in [9.17, 15) is 4.39 Å². The molecule has 4 heteroatoms. The first kappa shape index (κ1) is 14.7. The summed E-state index contributed by atoms with van der Waals surface area (Å²) in [5.74, 6) is -0.166. The van der Waals surface area contributed by atoms with Crippen LogP contribution in [0.5, 0.6) is 0 Å². The Balaban J connectivity index is 1.78. The molecule has 0 aliphatic heterocycles. The molecule has 0 aliphatic rings. The molecule has 0 saturated heterocycles. The zero-order chi connectivity index (χ0) is 14.5. The number of nitrogens with zero attached hydrogens (tertiary/aromatic N) is 2. The van der Waals surface area contributed by atoms with Crippen molar-refractivity contribution in [2.75, 3.05) is 6.54 Å². The summed E-state index contributed by atoms with van der Waals surface area (Å²) < 4.78 is 15.0. The highest BCUT2D eigenvalue weighted by molar-refractivity contribution is 5.26. The zero-order valence-electron chi connectivity index (χ0n) is 12.4. The van der Waals surface area contributed by atoms with E-state index in [1.54, 1.807) is 6.07 Å². The maximum absolute atomic E-state index is 13.0. The van der Waals surface area contributed by atoms with Crippen LogP contribution in [0.4, 0.5) is 4.39 Å². The third-order valence-corrected chi connectivity index (χ3v) is 3.39. The van der Waals surface area contributed by atoms with Gasteiger partial charge in [-0.2, -0.15) is 5.10 Å². The van der Waals surface area contributed by atoms with Crippen LogP contribution in [-0.2, 0) is 13.0 Å². The molecule has 1 N–H and O–H groups in total. The lowest BCUT2D eigenvalue weighted by Gasteiger charge is -2.07. The van der Waals surface area contributed by atoms with E-state index < -0.39 is 0 Å². The molecular weight excluding hydrogens is 253 g/mol. The summed E-state index contributed by atoms with van der Waals surface area (Å²) in [5, 5.41) is 7.71. The van der Waals surface area contributed by atoms with Crippen LogP contribution in [0.25, 0.3) is 0 Å². The molecule has 0 amide bonds. The second-order valence-corrected chi connectivity index (χ2v) is 5.42. The highest BCUT2D eigenvalue weighted by Crippen LogP contribution is 2.10. The molecule has 2 rings (SSSR count). The SMILES string of the molecule is Cc1cc(F)ccc1CCNCc1cnn(C(C)C)c1. The number of hydrogen-bond donors (Lipinski definition) is 1. The monoisotopic (exact) mass is 275 g/mol. The molecule has 0 unspecified atom stereocenters. The van der Waals surface area contributed by atoms with Gasteiger partial charge in [0.1, 0.15) is 5.82 Å². The van der Waals surface area contributed by atoms with Crippen LogP contribution in [-0.4, -0.2) is 16.3 Å². The van der Waals surface area contributed by atoms with Gasteiger partial charge in [0.05, 0.1) is 6.20 Å². The Kier molecular flexibility index (Phi) is 4.90. The molecule has 0 fully saturated rings. The topological polar surface area (TPSA) is 29.9 Å². The van der Waals surface area contributed by atoms with Crippen molar-refractivity contribution in [3.8, 4) is 0 Å². The van der Waals surface area contributed by atoms with E-state index in [1.807, 2.05) is 23.9 Å². The number of aromatic nitrogens is 2. The number of aryl methyl sites for hydroxylation is 1. The Morgan fingerprint density at radius 1 is 1.35 bits per heavy atom. The smallest absolute Gasteiger partial charge is 0.123 e. The summed E-state index contributed by atoms with van der Waals surface area (Å²) >= 11 is 0. The number of nitrogens with one attached hydrogen (secondary N) is 1. The molecule has 1 aromatic carbocycles. The average Bonchev–Trinajstić information content (AvgIpc) is 2.85. The van der Waals surface area contributed by atoms with Gasteiger partial charge in [0.2, 0.25) is 0 Å². The lowest BCUT2D eigenvalue weighted by atomic mass is 10.1. The fourth-order valence-electron chi connectivity index (χ4n) is 2.15. The van der Waals surface area contributed by atoms with Gasteiger partial charge >= 0.3 is 0 Å². The molecule has 108 valence electrons. The predicted octanol–water partition coefficient (Wildman–Crippen LogP) is 3.24. The molecule has 1 heterocycles. The Hall–Kier alpha value is -1.68. The van der Waals surface area contributed by atoms with Crippen molar-refractivity contribution in [2.45, 2.75) is 39.8 Å². The van der Waals surface area contributed by atoms with E-state index in [1.165, 1.54) is 17.2 Å². The van der Waals surface area contributed by atoms with E-state index in [4.69, 9.17) is 0 Å². The third kappa shape index (κ3) is 3.90. The van der Waals surface area contributed by atoms with Crippen LogP contribution in [0.15, 0.2) is 30.6 Å². The molecule has 0 aliphatic carbocycles. The number of halogens is 1. The predicted molar refractivity (Wildman–Crippen MR) is 79.2 cm³/mol. The third-order valence-electron chi connectivity index (χ3n) is 3.39. The summed E-state index contributed by atoms with van der Waals surface area (Å²) in [6, 6.07) is 5.37. The van der Waals surface area contributed by atoms with E-state index in [0.29, 0.717) is 6.04 Å². The number of hydrogen-bond acceptors (Lipinski definition) is 2. The Labute approximate surface area is 119 Å². The van der Waals surface area contributed by atoms with E-state index in [0.717, 1.165) is 25.1 Å². The van der Waals surface area contributed by atoms with Crippen LogP contribution >= 0.6 is 0 Å². The molecule has 3 nitrogen and oxygen atoms in total. The lowest BCUT2D eigenvalue weighted by Crippen LogP contribution is -2.16. The Morgan fingerprint density at radius 2 is 2.15 bits per heavy atom. The molecule has 0 bridgehead atoms. The molecular formula is C16H22FN3. The van der Waals surface area contributed by atoms with E-state index in [-0.39, 0.29) is 5.82 Å². The minimum absolute atomic E-state index is 0.166. The van der Waals surface area contributed by atoms with E-state index >= 15 is 0 Å². The first-order valence-electron chi connectivity index (χ1n) is 7.05. The van der Waals surface area contributed by atoms with Crippen molar-refractivity contribution in [1.29, 1.82) is 0 Å². The van der Waals surface area contributed by atoms with Crippen molar-refractivity contribution >= 4 is 0 Å². The van der Waals surface area contributed by atoms with Crippen LogP contribution in [0.3, 0.4) is 0 Å². The summed E-state index contributed by atoms with van der Waals surface area (Å²) in [6.07, 6.45) is 4.88. The molecule has 20 heavy (non-hydrogen) atoms. The van der Waals surface area contributed by atoms with Gasteiger partial charge in [0, 0.05) is 24.3 Å². The highest BCUT2D eigenvalue weighted by Gasteiger charge is 2.02. The van der Waals surface area contributed by atoms with Crippen LogP contribution in [0.1, 0.15) is 36.6 Å². The molecule has 0 atom stereocenters. The fourth-order valence-corrected chi connectivity index (χ4v) is 2.15. The molecule has 0 saturated carbocycles. The van der Waals surface area contributed by atoms with Crippen LogP contribution in [0.2, 0.25) is 0 Å². The summed E-state index contributed by atoms with van der Waals surface area (Å²) in [4.78, 5) is 0.